The van der Waals surface area contributed by atoms with Gasteiger partial charge in [0.2, 0.25) is 5.91 Å². The summed E-state index contributed by atoms with van der Waals surface area (Å²) in [5.74, 6) is 0.643. The van der Waals surface area contributed by atoms with Crippen LogP contribution in [0.3, 0.4) is 0 Å². The topological polar surface area (TPSA) is 75.6 Å². The van der Waals surface area contributed by atoms with E-state index in [9.17, 15) is 4.79 Å². The van der Waals surface area contributed by atoms with Gasteiger partial charge in [0.15, 0.2) is 15.7 Å². The SMILES string of the molecule is Cc1cccc(-c2n[nH]c(=S)n2CCC(=O)Nc2ncc(C)s2)c1. The lowest BCUT2D eigenvalue weighted by Gasteiger charge is -2.07. The number of carbonyl (C=O) groups is 1. The second kappa shape index (κ2) is 7.06. The minimum atomic E-state index is -0.0948. The molecule has 0 saturated heterocycles. The average molecular weight is 359 g/mol. The molecule has 3 aromatic rings. The van der Waals surface area contributed by atoms with Crippen LogP contribution >= 0.6 is 23.6 Å². The van der Waals surface area contributed by atoms with E-state index in [2.05, 4.69) is 20.5 Å². The molecule has 1 amide bonds. The highest BCUT2D eigenvalue weighted by atomic mass is 32.1. The lowest BCUT2D eigenvalue weighted by Crippen LogP contribution is -2.15. The Bertz CT molecular complexity index is 924. The molecule has 0 spiro atoms. The summed E-state index contributed by atoms with van der Waals surface area (Å²) >= 11 is 6.75. The van der Waals surface area contributed by atoms with Crippen LogP contribution in [0.15, 0.2) is 30.5 Å². The number of nitrogens with zero attached hydrogens (tertiary/aromatic N) is 3. The predicted octanol–water partition coefficient (Wildman–Crippen LogP) is 3.71. The third kappa shape index (κ3) is 3.77. The number of hydrogen-bond acceptors (Lipinski definition) is 5. The molecule has 124 valence electrons. The molecule has 0 atom stereocenters. The molecule has 0 bridgehead atoms. The molecular formula is C16H17N5OS2. The number of nitrogens with one attached hydrogen (secondary N) is 2. The fourth-order valence-electron chi connectivity index (χ4n) is 2.34. The van der Waals surface area contributed by atoms with Gasteiger partial charge in [-0.1, -0.05) is 23.8 Å². The number of carbonyl (C=O) groups excluding carboxylic acids is 1. The Hall–Kier alpha value is -2.32. The zero-order valence-corrected chi connectivity index (χ0v) is 15.0. The van der Waals surface area contributed by atoms with E-state index >= 15 is 0 Å². The van der Waals surface area contributed by atoms with E-state index in [0.29, 0.717) is 22.9 Å². The van der Waals surface area contributed by atoms with Crippen LogP contribution in [0.2, 0.25) is 0 Å². The van der Waals surface area contributed by atoms with Gasteiger partial charge in [-0.05, 0) is 32.1 Å². The summed E-state index contributed by atoms with van der Waals surface area (Å²) < 4.78 is 2.35. The lowest BCUT2D eigenvalue weighted by atomic mass is 10.1. The minimum Gasteiger partial charge on any atom is -0.302 e. The van der Waals surface area contributed by atoms with Crippen molar-refractivity contribution in [2.75, 3.05) is 5.32 Å². The van der Waals surface area contributed by atoms with Gasteiger partial charge in [-0.25, -0.2) is 4.98 Å². The highest BCUT2D eigenvalue weighted by Gasteiger charge is 2.11. The molecule has 2 aromatic heterocycles. The largest absolute Gasteiger partial charge is 0.302 e. The maximum absolute atomic E-state index is 12.1. The molecule has 0 aliphatic heterocycles. The summed E-state index contributed by atoms with van der Waals surface area (Å²) in [7, 11) is 0. The maximum atomic E-state index is 12.1. The Morgan fingerprint density at radius 1 is 1.42 bits per heavy atom. The van der Waals surface area contributed by atoms with Crippen LogP contribution in [0.1, 0.15) is 16.9 Å². The van der Waals surface area contributed by atoms with Crippen molar-refractivity contribution in [3.8, 4) is 11.4 Å². The standard InChI is InChI=1S/C16H17N5OS2/c1-10-4-3-5-12(8-10)14-19-20-16(23)21(14)7-6-13(22)18-15-17-9-11(2)24-15/h3-5,8-9H,6-7H2,1-2H3,(H,20,23)(H,17,18,22). The van der Waals surface area contributed by atoms with Gasteiger partial charge < -0.3 is 5.32 Å². The maximum Gasteiger partial charge on any atom is 0.227 e. The zero-order valence-electron chi connectivity index (χ0n) is 13.4. The molecule has 0 aliphatic rings. The Kier molecular flexibility index (Phi) is 4.86. The fraction of sp³-hybridized carbons (Fsp3) is 0.250. The van der Waals surface area contributed by atoms with Gasteiger partial charge in [0.25, 0.3) is 0 Å². The zero-order chi connectivity index (χ0) is 17.1. The highest BCUT2D eigenvalue weighted by Crippen LogP contribution is 2.20. The van der Waals surface area contributed by atoms with Crippen LogP contribution in [-0.4, -0.2) is 25.7 Å². The lowest BCUT2D eigenvalue weighted by molar-refractivity contribution is -0.116. The van der Waals surface area contributed by atoms with E-state index in [1.54, 1.807) is 6.20 Å². The second-order valence-electron chi connectivity index (χ2n) is 5.45. The van der Waals surface area contributed by atoms with Gasteiger partial charge >= 0.3 is 0 Å². The van der Waals surface area contributed by atoms with Crippen molar-refractivity contribution < 1.29 is 4.79 Å². The molecule has 24 heavy (non-hydrogen) atoms. The number of amides is 1. The van der Waals surface area contributed by atoms with Gasteiger partial charge in [0.05, 0.1) is 0 Å². The van der Waals surface area contributed by atoms with Gasteiger partial charge in [-0.3, -0.25) is 14.5 Å². The van der Waals surface area contributed by atoms with Crippen molar-refractivity contribution in [1.82, 2.24) is 19.7 Å². The molecule has 0 unspecified atom stereocenters. The smallest absolute Gasteiger partial charge is 0.227 e. The average Bonchev–Trinajstić information content (AvgIpc) is 3.11. The van der Waals surface area contributed by atoms with Crippen molar-refractivity contribution in [3.05, 3.63) is 45.7 Å². The Labute approximate surface area is 148 Å². The van der Waals surface area contributed by atoms with E-state index in [4.69, 9.17) is 12.2 Å². The number of H-pyrrole nitrogens is 1. The van der Waals surface area contributed by atoms with Crippen molar-refractivity contribution in [2.45, 2.75) is 26.8 Å². The first-order valence-electron chi connectivity index (χ1n) is 7.47. The summed E-state index contributed by atoms with van der Waals surface area (Å²) in [6.45, 7) is 4.43. The molecule has 2 heterocycles. The second-order valence-corrected chi connectivity index (χ2v) is 7.07. The Balaban J connectivity index is 1.72. The van der Waals surface area contributed by atoms with Crippen LogP contribution in [0.25, 0.3) is 11.4 Å². The third-order valence-electron chi connectivity index (χ3n) is 3.46. The molecule has 1 aromatic carbocycles. The number of aryl methyl sites for hydroxylation is 2. The predicted molar refractivity (Wildman–Crippen MR) is 97.7 cm³/mol. The van der Waals surface area contributed by atoms with Crippen molar-refractivity contribution in [3.63, 3.8) is 0 Å². The van der Waals surface area contributed by atoms with E-state index in [-0.39, 0.29) is 5.91 Å². The molecule has 3 rings (SSSR count). The number of aromatic nitrogens is 4. The monoisotopic (exact) mass is 359 g/mol. The van der Waals surface area contributed by atoms with E-state index in [1.807, 2.05) is 42.7 Å². The van der Waals surface area contributed by atoms with Crippen LogP contribution < -0.4 is 5.32 Å². The van der Waals surface area contributed by atoms with Crippen molar-refractivity contribution >= 4 is 34.6 Å². The third-order valence-corrected chi connectivity index (χ3v) is 4.60. The van der Waals surface area contributed by atoms with Gasteiger partial charge in [0, 0.05) is 29.6 Å². The molecule has 0 radical (unpaired) electrons. The van der Waals surface area contributed by atoms with Gasteiger partial charge in [0.1, 0.15) is 0 Å². The van der Waals surface area contributed by atoms with Gasteiger partial charge in [-0.2, -0.15) is 5.10 Å². The van der Waals surface area contributed by atoms with Crippen LogP contribution in [-0.2, 0) is 11.3 Å². The Morgan fingerprint density at radius 3 is 2.96 bits per heavy atom. The molecule has 6 nitrogen and oxygen atoms in total. The van der Waals surface area contributed by atoms with Crippen LogP contribution in [0.4, 0.5) is 5.13 Å². The molecular weight excluding hydrogens is 342 g/mol. The van der Waals surface area contributed by atoms with Crippen LogP contribution in [0.5, 0.6) is 0 Å². The van der Waals surface area contributed by atoms with Crippen molar-refractivity contribution in [2.24, 2.45) is 0 Å². The molecule has 8 heteroatoms. The minimum absolute atomic E-state index is 0.0948. The first-order chi connectivity index (χ1) is 11.5. The van der Waals surface area contributed by atoms with Crippen LogP contribution in [0, 0.1) is 18.6 Å². The number of anilines is 1. The Morgan fingerprint density at radius 2 is 2.25 bits per heavy atom. The molecule has 0 aliphatic carbocycles. The number of rotatable bonds is 5. The quantitative estimate of drug-likeness (QED) is 0.681. The normalized spacial score (nSPS) is 10.8. The number of thiazole rings is 1. The van der Waals surface area contributed by atoms with E-state index in [1.165, 1.54) is 11.3 Å². The highest BCUT2D eigenvalue weighted by molar-refractivity contribution is 7.71. The number of benzene rings is 1. The summed E-state index contributed by atoms with van der Waals surface area (Å²) in [4.78, 5) is 17.3. The summed E-state index contributed by atoms with van der Waals surface area (Å²) in [5.41, 5.74) is 2.11. The summed E-state index contributed by atoms with van der Waals surface area (Å²) in [6, 6.07) is 8.02. The summed E-state index contributed by atoms with van der Waals surface area (Å²) in [6.07, 6.45) is 2.04. The fourth-order valence-corrected chi connectivity index (χ4v) is 3.24. The van der Waals surface area contributed by atoms with Gasteiger partial charge in [-0.15, -0.1) is 11.3 Å². The number of aromatic amines is 1. The molecule has 0 fully saturated rings. The number of hydrogen-bond donors (Lipinski definition) is 2. The first kappa shape index (κ1) is 16.5. The summed E-state index contributed by atoms with van der Waals surface area (Å²) in [5, 5.41) is 10.5. The van der Waals surface area contributed by atoms with E-state index in [0.717, 1.165) is 21.8 Å². The van der Waals surface area contributed by atoms with Crippen molar-refractivity contribution in [1.29, 1.82) is 0 Å². The molecule has 2 N–H and O–H groups in total. The molecule has 0 saturated carbocycles. The van der Waals surface area contributed by atoms with E-state index < -0.39 is 0 Å². The first-order valence-corrected chi connectivity index (χ1v) is 8.70.